The second-order valence-electron chi connectivity index (χ2n) is 7.35. The minimum absolute atomic E-state index is 0.0690. The highest BCUT2D eigenvalue weighted by atomic mass is 16.6. The summed E-state index contributed by atoms with van der Waals surface area (Å²) in [6, 6.07) is 29.2. The summed E-state index contributed by atoms with van der Waals surface area (Å²) >= 11 is 0. The number of ether oxygens (including phenoxy) is 3. The van der Waals surface area contributed by atoms with Crippen LogP contribution in [-0.2, 0) is 34.0 Å². The van der Waals surface area contributed by atoms with E-state index in [1.807, 2.05) is 91.0 Å². The summed E-state index contributed by atoms with van der Waals surface area (Å²) in [7, 11) is 0. The summed E-state index contributed by atoms with van der Waals surface area (Å²) in [5.74, 6) is 0. The largest absolute Gasteiger partial charge is 0.394 e. The fraction of sp³-hybridized carbons (Fsp3) is 0.308. The van der Waals surface area contributed by atoms with Crippen LogP contribution in [0, 0.1) is 0 Å². The van der Waals surface area contributed by atoms with Gasteiger partial charge >= 0.3 is 0 Å². The Morgan fingerprint density at radius 3 is 1.55 bits per heavy atom. The molecule has 3 atom stereocenters. The molecule has 0 aliphatic carbocycles. The van der Waals surface area contributed by atoms with Gasteiger partial charge < -0.3 is 24.4 Å². The molecule has 0 saturated carbocycles. The van der Waals surface area contributed by atoms with Crippen LogP contribution in [0.15, 0.2) is 91.0 Å². The van der Waals surface area contributed by atoms with Gasteiger partial charge in [0, 0.05) is 0 Å². The third kappa shape index (κ3) is 7.90. The molecule has 0 bridgehead atoms. The molecule has 0 radical (unpaired) electrons. The van der Waals surface area contributed by atoms with E-state index in [0.717, 1.165) is 16.7 Å². The van der Waals surface area contributed by atoms with Crippen molar-refractivity contribution in [2.75, 3.05) is 13.2 Å². The average Bonchev–Trinajstić information content (AvgIpc) is 2.83. The highest BCUT2D eigenvalue weighted by molar-refractivity contribution is 5.15. The van der Waals surface area contributed by atoms with Gasteiger partial charge in [-0.2, -0.15) is 0 Å². The molecule has 0 saturated heterocycles. The molecule has 0 aliphatic heterocycles. The van der Waals surface area contributed by atoms with Crippen LogP contribution < -0.4 is 0 Å². The lowest BCUT2D eigenvalue weighted by atomic mass is 10.1. The van der Waals surface area contributed by atoms with Gasteiger partial charge in [0.05, 0.1) is 33.0 Å². The predicted octanol–water partition coefficient (Wildman–Crippen LogP) is 3.73. The summed E-state index contributed by atoms with van der Waals surface area (Å²) in [6.07, 6.45) is -2.40. The van der Waals surface area contributed by atoms with E-state index in [-0.39, 0.29) is 13.2 Å². The smallest absolute Gasteiger partial charge is 0.114 e. The van der Waals surface area contributed by atoms with Crippen LogP contribution in [0.3, 0.4) is 0 Å². The summed E-state index contributed by atoms with van der Waals surface area (Å²) < 4.78 is 17.6. The highest BCUT2D eigenvalue weighted by Crippen LogP contribution is 2.16. The van der Waals surface area contributed by atoms with Gasteiger partial charge in [0.15, 0.2) is 0 Å². The minimum Gasteiger partial charge on any atom is -0.394 e. The Labute approximate surface area is 183 Å². The Balaban J connectivity index is 1.61. The first-order chi connectivity index (χ1) is 15.3. The molecule has 5 nitrogen and oxygen atoms in total. The van der Waals surface area contributed by atoms with Crippen molar-refractivity contribution in [1.82, 2.24) is 0 Å². The maximum absolute atomic E-state index is 10.8. The minimum atomic E-state index is -0.958. The number of aliphatic hydroxyl groups excluding tert-OH is 2. The number of hydrogen-bond donors (Lipinski definition) is 2. The van der Waals surface area contributed by atoms with Crippen LogP contribution in [0.4, 0.5) is 0 Å². The second kappa shape index (κ2) is 13.0. The lowest BCUT2D eigenvalue weighted by Gasteiger charge is -2.30. The molecule has 0 aromatic heterocycles. The van der Waals surface area contributed by atoms with Crippen molar-refractivity contribution in [3.05, 3.63) is 108 Å². The van der Waals surface area contributed by atoms with Crippen LogP contribution >= 0.6 is 0 Å². The van der Waals surface area contributed by atoms with Gasteiger partial charge in [-0.1, -0.05) is 91.0 Å². The summed E-state index contributed by atoms with van der Waals surface area (Å²) in [4.78, 5) is 0. The van der Waals surface area contributed by atoms with Crippen molar-refractivity contribution in [3.8, 4) is 0 Å². The van der Waals surface area contributed by atoms with Gasteiger partial charge in [-0.25, -0.2) is 0 Å². The molecule has 0 aliphatic rings. The Bertz CT molecular complexity index is 841. The van der Waals surface area contributed by atoms with Gasteiger partial charge in [-0.3, -0.25) is 0 Å². The quantitative estimate of drug-likeness (QED) is 0.439. The van der Waals surface area contributed by atoms with Gasteiger partial charge in [-0.15, -0.1) is 0 Å². The summed E-state index contributed by atoms with van der Waals surface area (Å²) in [6.45, 7) is 0.793. The molecule has 0 amide bonds. The Morgan fingerprint density at radius 1 is 0.613 bits per heavy atom. The summed E-state index contributed by atoms with van der Waals surface area (Å²) in [5.41, 5.74) is 2.98. The van der Waals surface area contributed by atoms with Gasteiger partial charge in [0.1, 0.15) is 18.3 Å². The third-order valence-electron chi connectivity index (χ3n) is 4.92. The fourth-order valence-electron chi connectivity index (χ4n) is 3.23. The van der Waals surface area contributed by atoms with E-state index < -0.39 is 18.3 Å². The number of hydrogen-bond acceptors (Lipinski definition) is 5. The normalized spacial score (nSPS) is 14.1. The molecule has 5 heteroatoms. The summed E-state index contributed by atoms with van der Waals surface area (Å²) in [5, 5.41) is 20.8. The maximum Gasteiger partial charge on any atom is 0.114 e. The lowest BCUT2D eigenvalue weighted by Crippen LogP contribution is -2.45. The SMILES string of the molecule is OCC(OCc1ccccc1)[C@@H](OCc1ccccc1)[C@H](O)COCc1ccccc1. The van der Waals surface area contributed by atoms with Crippen LogP contribution in [0.25, 0.3) is 0 Å². The second-order valence-corrected chi connectivity index (χ2v) is 7.35. The first-order valence-electron chi connectivity index (χ1n) is 10.5. The number of rotatable bonds is 13. The zero-order valence-electron chi connectivity index (χ0n) is 17.5. The van der Waals surface area contributed by atoms with Gasteiger partial charge in [-0.05, 0) is 16.7 Å². The van der Waals surface area contributed by atoms with Crippen LogP contribution in [0.5, 0.6) is 0 Å². The molecular formula is C26H30O5. The Hall–Kier alpha value is -2.54. The van der Waals surface area contributed by atoms with Crippen molar-refractivity contribution in [2.24, 2.45) is 0 Å². The standard InChI is InChI=1S/C26H30O5/c27-16-25(30-18-22-12-6-2-7-13-22)26(31-19-23-14-8-3-9-15-23)24(28)20-29-17-21-10-4-1-5-11-21/h1-15,24-28H,16-20H2/t24-,25?,26+/m1/s1. The predicted molar refractivity (Wildman–Crippen MR) is 119 cm³/mol. The Kier molecular flexibility index (Phi) is 9.70. The van der Waals surface area contributed by atoms with E-state index in [1.54, 1.807) is 0 Å². The van der Waals surface area contributed by atoms with E-state index in [2.05, 4.69) is 0 Å². The molecule has 0 heterocycles. The van der Waals surface area contributed by atoms with Gasteiger partial charge in [0.25, 0.3) is 0 Å². The van der Waals surface area contributed by atoms with Crippen LogP contribution in [0.2, 0.25) is 0 Å². The van der Waals surface area contributed by atoms with Crippen LogP contribution in [0.1, 0.15) is 16.7 Å². The van der Waals surface area contributed by atoms with Crippen molar-refractivity contribution < 1.29 is 24.4 Å². The number of aliphatic hydroxyl groups is 2. The van der Waals surface area contributed by atoms with Gasteiger partial charge in [0.2, 0.25) is 0 Å². The highest BCUT2D eigenvalue weighted by Gasteiger charge is 2.30. The first-order valence-corrected chi connectivity index (χ1v) is 10.5. The zero-order valence-corrected chi connectivity index (χ0v) is 17.5. The van der Waals surface area contributed by atoms with Crippen molar-refractivity contribution >= 4 is 0 Å². The Morgan fingerprint density at radius 2 is 1.06 bits per heavy atom. The lowest BCUT2D eigenvalue weighted by molar-refractivity contribution is -0.157. The van der Waals surface area contributed by atoms with E-state index in [0.29, 0.717) is 19.8 Å². The van der Waals surface area contributed by atoms with E-state index in [9.17, 15) is 10.2 Å². The molecular weight excluding hydrogens is 392 g/mol. The van der Waals surface area contributed by atoms with Crippen molar-refractivity contribution in [2.45, 2.75) is 38.1 Å². The zero-order chi connectivity index (χ0) is 21.7. The molecule has 31 heavy (non-hydrogen) atoms. The molecule has 3 aromatic rings. The molecule has 3 rings (SSSR count). The average molecular weight is 423 g/mol. The molecule has 1 unspecified atom stereocenters. The number of benzene rings is 3. The molecule has 3 aromatic carbocycles. The molecule has 0 fully saturated rings. The molecule has 2 N–H and O–H groups in total. The monoisotopic (exact) mass is 422 g/mol. The maximum atomic E-state index is 10.8. The van der Waals surface area contributed by atoms with Crippen molar-refractivity contribution in [3.63, 3.8) is 0 Å². The molecule has 164 valence electrons. The topological polar surface area (TPSA) is 68.2 Å². The molecule has 0 spiro atoms. The van der Waals surface area contributed by atoms with E-state index >= 15 is 0 Å². The fourth-order valence-corrected chi connectivity index (χ4v) is 3.23. The van der Waals surface area contributed by atoms with E-state index in [4.69, 9.17) is 14.2 Å². The van der Waals surface area contributed by atoms with Crippen molar-refractivity contribution in [1.29, 1.82) is 0 Å². The third-order valence-corrected chi connectivity index (χ3v) is 4.92. The first kappa shape index (κ1) is 23.1. The van der Waals surface area contributed by atoms with E-state index in [1.165, 1.54) is 0 Å². The van der Waals surface area contributed by atoms with Crippen LogP contribution in [-0.4, -0.2) is 41.7 Å².